The van der Waals surface area contributed by atoms with Crippen molar-refractivity contribution in [3.05, 3.63) is 52.1 Å². The van der Waals surface area contributed by atoms with E-state index in [1.807, 2.05) is 37.3 Å². The predicted molar refractivity (Wildman–Crippen MR) is 127 cm³/mol. The third kappa shape index (κ3) is 7.96. The molecular formula is C20H27BrN3O4PS. The molecule has 0 aliphatic carbocycles. The van der Waals surface area contributed by atoms with Crippen molar-refractivity contribution in [1.29, 1.82) is 0 Å². The second-order valence-corrected chi connectivity index (χ2v) is 9.58. The second-order valence-electron chi connectivity index (χ2n) is 6.26. The Balaban J connectivity index is 1.94. The molecular weight excluding hydrogens is 489 g/mol. The number of aryl methyl sites for hydroxylation is 1. The monoisotopic (exact) mass is 515 g/mol. The van der Waals surface area contributed by atoms with Gasteiger partial charge in [0.15, 0.2) is 11.5 Å². The number of ether oxygens (including phenoxy) is 1. The van der Waals surface area contributed by atoms with Crippen LogP contribution in [0.1, 0.15) is 25.0 Å². The molecule has 1 aromatic carbocycles. The highest BCUT2D eigenvalue weighted by Crippen LogP contribution is 2.48. The molecule has 0 atom stereocenters. The zero-order valence-electron chi connectivity index (χ0n) is 17.3. The third-order valence-electron chi connectivity index (χ3n) is 4.03. The van der Waals surface area contributed by atoms with Gasteiger partial charge in [0.1, 0.15) is 11.6 Å². The minimum Gasteiger partial charge on any atom is -0.481 e. The number of hydrogen-bond acceptors (Lipinski definition) is 6. The van der Waals surface area contributed by atoms with Gasteiger partial charge in [0.25, 0.3) is 0 Å². The summed E-state index contributed by atoms with van der Waals surface area (Å²) in [7, 11) is -3.28. The first-order valence-electron chi connectivity index (χ1n) is 9.62. The smallest absolute Gasteiger partial charge is 0.367 e. The quantitative estimate of drug-likeness (QED) is 0.308. The lowest BCUT2D eigenvalue weighted by Gasteiger charge is -2.19. The van der Waals surface area contributed by atoms with E-state index in [0.717, 1.165) is 15.6 Å². The maximum atomic E-state index is 12.7. The number of rotatable bonds is 11. The first-order valence-corrected chi connectivity index (χ1v) is 12.6. The molecule has 0 amide bonds. The van der Waals surface area contributed by atoms with Crippen LogP contribution < -0.4 is 15.4 Å². The van der Waals surface area contributed by atoms with Crippen LogP contribution in [0.15, 0.2) is 41.0 Å². The lowest BCUT2D eigenvalue weighted by atomic mass is 10.0. The molecule has 2 aromatic rings. The molecule has 1 heterocycles. The van der Waals surface area contributed by atoms with Crippen molar-refractivity contribution in [2.45, 2.75) is 27.2 Å². The van der Waals surface area contributed by atoms with Gasteiger partial charge in [-0.25, -0.2) is 4.98 Å². The Morgan fingerprint density at radius 1 is 1.20 bits per heavy atom. The highest BCUT2D eigenvalue weighted by Gasteiger charge is 2.25. The Morgan fingerprint density at radius 3 is 2.57 bits per heavy atom. The van der Waals surface area contributed by atoms with E-state index in [-0.39, 0.29) is 6.35 Å². The van der Waals surface area contributed by atoms with Gasteiger partial charge >= 0.3 is 7.60 Å². The van der Waals surface area contributed by atoms with Gasteiger partial charge < -0.3 is 24.4 Å². The van der Waals surface area contributed by atoms with Crippen LogP contribution in [0, 0.1) is 6.92 Å². The summed E-state index contributed by atoms with van der Waals surface area (Å²) in [5.41, 5.74) is 2.08. The Morgan fingerprint density at radius 2 is 1.93 bits per heavy atom. The number of thiocarbonyl (C=S) groups is 1. The van der Waals surface area contributed by atoms with E-state index in [1.165, 1.54) is 0 Å². The summed E-state index contributed by atoms with van der Waals surface area (Å²) in [6.07, 6.45) is 2.24. The van der Waals surface area contributed by atoms with Crippen LogP contribution >= 0.6 is 35.7 Å². The molecule has 0 aliphatic heterocycles. The molecule has 0 fully saturated rings. The van der Waals surface area contributed by atoms with Gasteiger partial charge in [0.05, 0.1) is 13.2 Å². The minimum absolute atomic E-state index is 0.131. The molecule has 0 radical (unpaired) electrons. The number of pyridine rings is 1. The van der Waals surface area contributed by atoms with E-state index in [9.17, 15) is 4.57 Å². The molecule has 0 saturated carbocycles. The fourth-order valence-electron chi connectivity index (χ4n) is 2.70. The van der Waals surface area contributed by atoms with Gasteiger partial charge in [0, 0.05) is 17.2 Å². The van der Waals surface area contributed by atoms with Crippen LogP contribution in [0.3, 0.4) is 0 Å². The average molecular weight is 516 g/mol. The lowest BCUT2D eigenvalue weighted by Crippen LogP contribution is -2.30. The topological polar surface area (TPSA) is 81.7 Å². The van der Waals surface area contributed by atoms with Crippen LogP contribution in [-0.4, -0.2) is 36.2 Å². The van der Waals surface area contributed by atoms with Gasteiger partial charge in [-0.3, -0.25) is 4.57 Å². The summed E-state index contributed by atoms with van der Waals surface area (Å²) in [6, 6.07) is 9.49. The average Bonchev–Trinajstić information content (AvgIpc) is 2.70. The van der Waals surface area contributed by atoms with Crippen molar-refractivity contribution in [2.75, 3.05) is 31.4 Å². The van der Waals surface area contributed by atoms with Crippen LogP contribution in [0.2, 0.25) is 0 Å². The Hall–Kier alpha value is -1.51. The van der Waals surface area contributed by atoms with Gasteiger partial charge in [-0.1, -0.05) is 12.1 Å². The number of aromatic nitrogens is 1. The predicted octanol–water partition coefficient (Wildman–Crippen LogP) is 5.28. The summed E-state index contributed by atoms with van der Waals surface area (Å²) in [5.74, 6) is 1.32. The Labute approximate surface area is 191 Å². The van der Waals surface area contributed by atoms with E-state index in [0.29, 0.717) is 42.9 Å². The fourth-order valence-corrected chi connectivity index (χ4v) is 4.44. The standard InChI is InChI=1S/C20H27BrN3O4PS/c1-4-27-29(25,28-5-2)14-26-18-8-6-7-15(3)17(18)11-12-22-20(30)24-19-10-9-16(21)13-23-19/h6-10,13H,4-5,11-12,14H2,1-3H3,(H2,22,23,24,30). The summed E-state index contributed by atoms with van der Waals surface area (Å²) >= 11 is 8.68. The van der Waals surface area contributed by atoms with E-state index < -0.39 is 7.60 Å². The first-order chi connectivity index (χ1) is 14.4. The maximum absolute atomic E-state index is 12.7. The van der Waals surface area contributed by atoms with Gasteiger partial charge in [-0.2, -0.15) is 0 Å². The molecule has 1 aromatic heterocycles. The molecule has 10 heteroatoms. The molecule has 2 rings (SSSR count). The van der Waals surface area contributed by atoms with Crippen molar-refractivity contribution in [3.63, 3.8) is 0 Å². The van der Waals surface area contributed by atoms with Gasteiger partial charge in [0.2, 0.25) is 0 Å². The minimum atomic E-state index is -3.28. The highest BCUT2D eigenvalue weighted by molar-refractivity contribution is 9.10. The third-order valence-corrected chi connectivity index (χ3v) is 6.49. The summed E-state index contributed by atoms with van der Waals surface area (Å²) in [5, 5.41) is 6.70. The summed E-state index contributed by atoms with van der Waals surface area (Å²) in [4.78, 5) is 4.23. The van der Waals surface area contributed by atoms with Crippen molar-refractivity contribution >= 4 is 46.7 Å². The molecule has 0 bridgehead atoms. The van der Waals surface area contributed by atoms with E-state index >= 15 is 0 Å². The zero-order valence-corrected chi connectivity index (χ0v) is 20.6. The molecule has 30 heavy (non-hydrogen) atoms. The summed E-state index contributed by atoms with van der Waals surface area (Å²) < 4.78 is 30.0. The van der Waals surface area contributed by atoms with Gasteiger partial charge in [-0.15, -0.1) is 0 Å². The number of nitrogens with one attached hydrogen (secondary N) is 2. The van der Waals surface area contributed by atoms with E-state index in [1.54, 1.807) is 20.0 Å². The highest BCUT2D eigenvalue weighted by atomic mass is 79.9. The summed E-state index contributed by atoms with van der Waals surface area (Å²) in [6.45, 7) is 6.74. The van der Waals surface area contributed by atoms with E-state index in [2.05, 4.69) is 31.5 Å². The fraction of sp³-hybridized carbons (Fsp3) is 0.400. The van der Waals surface area contributed by atoms with Crippen LogP contribution in [0.5, 0.6) is 5.75 Å². The van der Waals surface area contributed by atoms with Crippen LogP contribution in [-0.2, 0) is 20.0 Å². The lowest BCUT2D eigenvalue weighted by molar-refractivity contribution is 0.196. The largest absolute Gasteiger partial charge is 0.481 e. The van der Waals surface area contributed by atoms with Crippen molar-refractivity contribution in [3.8, 4) is 5.75 Å². The molecule has 2 N–H and O–H groups in total. The second kappa shape index (κ2) is 12.4. The molecule has 164 valence electrons. The number of nitrogens with zero attached hydrogens (tertiary/aromatic N) is 1. The molecule has 0 aliphatic rings. The number of anilines is 1. The molecule has 0 spiro atoms. The molecule has 0 saturated heterocycles. The molecule has 7 nitrogen and oxygen atoms in total. The number of hydrogen-bond donors (Lipinski definition) is 2. The Kier molecular flexibility index (Phi) is 10.2. The normalized spacial score (nSPS) is 11.2. The van der Waals surface area contributed by atoms with Crippen molar-refractivity contribution in [2.24, 2.45) is 0 Å². The number of benzene rings is 1. The van der Waals surface area contributed by atoms with Crippen molar-refractivity contribution < 1.29 is 18.3 Å². The zero-order chi connectivity index (χ0) is 22.0. The van der Waals surface area contributed by atoms with E-state index in [4.69, 9.17) is 26.0 Å². The van der Waals surface area contributed by atoms with Crippen LogP contribution in [0.25, 0.3) is 0 Å². The first kappa shape index (κ1) is 24.8. The Bertz CT molecular complexity index is 873. The molecule has 0 unspecified atom stereocenters. The van der Waals surface area contributed by atoms with Crippen LogP contribution in [0.4, 0.5) is 5.82 Å². The maximum Gasteiger partial charge on any atom is 0.367 e. The number of halogens is 1. The van der Waals surface area contributed by atoms with Crippen molar-refractivity contribution in [1.82, 2.24) is 10.3 Å². The van der Waals surface area contributed by atoms with Gasteiger partial charge in [-0.05, 0) is 84.7 Å². The SMILES string of the molecule is CCOP(=O)(COc1cccc(C)c1CCNC(=S)Nc1ccc(Br)cn1)OCC.